The number of hydrogen-bond donors (Lipinski definition) is 1. The Morgan fingerprint density at radius 2 is 2.16 bits per heavy atom. The van der Waals surface area contributed by atoms with Crippen LogP contribution in [0.2, 0.25) is 0 Å². The molecule has 0 aliphatic carbocycles. The summed E-state index contributed by atoms with van der Waals surface area (Å²) in [4.78, 5) is 13.7. The maximum atomic E-state index is 11.9. The Morgan fingerprint density at radius 1 is 1.37 bits per heavy atom. The molecule has 2 aliphatic rings. The van der Waals surface area contributed by atoms with E-state index in [0.717, 1.165) is 31.6 Å². The molecule has 19 heavy (non-hydrogen) atoms. The summed E-state index contributed by atoms with van der Waals surface area (Å²) in [5.41, 5.74) is 2.40. The molecule has 0 radical (unpaired) electrons. The summed E-state index contributed by atoms with van der Waals surface area (Å²) >= 11 is 0. The Balaban J connectivity index is 1.62. The number of nitrogens with one attached hydrogen (secondary N) is 1. The van der Waals surface area contributed by atoms with Crippen molar-refractivity contribution in [1.82, 2.24) is 10.2 Å². The van der Waals surface area contributed by atoms with Crippen molar-refractivity contribution in [2.45, 2.75) is 26.0 Å². The van der Waals surface area contributed by atoms with Gasteiger partial charge in [0.1, 0.15) is 6.10 Å². The van der Waals surface area contributed by atoms with E-state index in [0.29, 0.717) is 12.5 Å². The molecular formula is C15H20N2O2. The smallest absolute Gasteiger partial charge is 0.410 e. The Bertz CT molecular complexity index is 452. The third kappa shape index (κ3) is 2.73. The molecule has 4 nitrogen and oxygen atoms in total. The molecule has 2 saturated heterocycles. The summed E-state index contributed by atoms with van der Waals surface area (Å²) in [5, 5.41) is 3.32. The molecule has 0 saturated carbocycles. The largest absolute Gasteiger partial charge is 0.444 e. The van der Waals surface area contributed by atoms with Gasteiger partial charge in [0.15, 0.2) is 0 Å². The zero-order valence-electron chi connectivity index (χ0n) is 11.3. The number of aryl methyl sites for hydroxylation is 1. The average molecular weight is 260 g/mol. The number of hydrogen-bond acceptors (Lipinski definition) is 3. The van der Waals surface area contributed by atoms with Crippen LogP contribution in [0, 0.1) is 12.8 Å². The zero-order chi connectivity index (χ0) is 13.2. The highest BCUT2D eigenvalue weighted by Crippen LogP contribution is 2.24. The first kappa shape index (κ1) is 12.5. The van der Waals surface area contributed by atoms with Crippen LogP contribution < -0.4 is 5.32 Å². The van der Waals surface area contributed by atoms with Crippen molar-refractivity contribution in [2.75, 3.05) is 19.6 Å². The van der Waals surface area contributed by atoms with Crippen LogP contribution in [0.3, 0.4) is 0 Å². The molecule has 1 N–H and O–H groups in total. The summed E-state index contributed by atoms with van der Waals surface area (Å²) in [6, 6.07) is 8.31. The molecule has 1 amide bonds. The minimum absolute atomic E-state index is 0.0629. The number of rotatable bonds is 3. The van der Waals surface area contributed by atoms with Crippen molar-refractivity contribution >= 4 is 6.09 Å². The van der Waals surface area contributed by atoms with Gasteiger partial charge in [-0.1, -0.05) is 29.8 Å². The van der Waals surface area contributed by atoms with Gasteiger partial charge in [0.25, 0.3) is 0 Å². The maximum Gasteiger partial charge on any atom is 0.410 e. The van der Waals surface area contributed by atoms with Gasteiger partial charge >= 0.3 is 6.09 Å². The molecular weight excluding hydrogens is 240 g/mol. The van der Waals surface area contributed by atoms with E-state index in [1.807, 2.05) is 4.90 Å². The number of amides is 1. The van der Waals surface area contributed by atoms with Crippen molar-refractivity contribution in [3.05, 3.63) is 35.4 Å². The van der Waals surface area contributed by atoms with Crippen LogP contribution in [0.4, 0.5) is 4.79 Å². The summed E-state index contributed by atoms with van der Waals surface area (Å²) in [7, 11) is 0. The quantitative estimate of drug-likeness (QED) is 0.903. The van der Waals surface area contributed by atoms with Gasteiger partial charge in [-0.3, -0.25) is 0 Å². The molecule has 2 atom stereocenters. The van der Waals surface area contributed by atoms with Crippen LogP contribution in [0.15, 0.2) is 24.3 Å². The van der Waals surface area contributed by atoms with Crippen LogP contribution in [-0.4, -0.2) is 36.7 Å². The number of nitrogens with zero attached hydrogens (tertiary/aromatic N) is 1. The predicted octanol–water partition coefficient (Wildman–Crippen LogP) is 1.93. The number of carbonyl (C=O) groups excluding carboxylic acids is 1. The van der Waals surface area contributed by atoms with E-state index in [1.165, 1.54) is 5.56 Å². The molecule has 0 spiro atoms. The first-order valence-electron chi connectivity index (χ1n) is 6.94. The lowest BCUT2D eigenvalue weighted by Gasteiger charge is -2.15. The van der Waals surface area contributed by atoms with Crippen LogP contribution in [0.1, 0.15) is 17.5 Å². The average Bonchev–Trinajstić information content (AvgIpc) is 3.03. The molecule has 2 heterocycles. The highest BCUT2D eigenvalue weighted by molar-refractivity contribution is 5.70. The molecule has 2 unspecified atom stereocenters. The Hall–Kier alpha value is -1.55. The highest BCUT2D eigenvalue weighted by Gasteiger charge is 2.37. The van der Waals surface area contributed by atoms with Crippen LogP contribution in [0.25, 0.3) is 0 Å². The fraction of sp³-hybridized carbons (Fsp3) is 0.533. The second-order valence-corrected chi connectivity index (χ2v) is 5.54. The second kappa shape index (κ2) is 5.21. The van der Waals surface area contributed by atoms with Gasteiger partial charge in [-0.15, -0.1) is 0 Å². The van der Waals surface area contributed by atoms with Gasteiger partial charge in [-0.2, -0.15) is 0 Å². The number of carbonyl (C=O) groups is 1. The lowest BCUT2D eigenvalue weighted by atomic mass is 10.0. The van der Waals surface area contributed by atoms with Crippen molar-refractivity contribution < 1.29 is 9.53 Å². The SMILES string of the molecule is Cc1ccc(CN2CC(C3CCNC3)OC2=O)cc1. The molecule has 0 bridgehead atoms. The summed E-state index contributed by atoms with van der Waals surface area (Å²) in [5.74, 6) is 0.479. The highest BCUT2D eigenvalue weighted by atomic mass is 16.6. The Morgan fingerprint density at radius 3 is 2.84 bits per heavy atom. The number of cyclic esters (lactones) is 1. The fourth-order valence-corrected chi connectivity index (χ4v) is 2.82. The Labute approximate surface area is 113 Å². The number of ether oxygens (including phenoxy) is 1. The van der Waals surface area contributed by atoms with Crippen LogP contribution in [0.5, 0.6) is 0 Å². The summed E-state index contributed by atoms with van der Waals surface area (Å²) in [6.45, 7) is 5.44. The van der Waals surface area contributed by atoms with Gasteiger partial charge in [0, 0.05) is 19.0 Å². The summed E-state index contributed by atoms with van der Waals surface area (Å²) < 4.78 is 5.50. The van der Waals surface area contributed by atoms with Crippen molar-refractivity contribution in [3.8, 4) is 0 Å². The lowest BCUT2D eigenvalue weighted by molar-refractivity contribution is 0.107. The van der Waals surface area contributed by atoms with Crippen molar-refractivity contribution in [3.63, 3.8) is 0 Å². The molecule has 4 heteroatoms. The van der Waals surface area contributed by atoms with E-state index in [2.05, 4.69) is 36.5 Å². The van der Waals surface area contributed by atoms with Crippen LogP contribution >= 0.6 is 0 Å². The monoisotopic (exact) mass is 260 g/mol. The molecule has 1 aromatic rings. The zero-order valence-corrected chi connectivity index (χ0v) is 11.3. The maximum absolute atomic E-state index is 11.9. The van der Waals surface area contributed by atoms with Crippen LogP contribution in [-0.2, 0) is 11.3 Å². The molecule has 102 valence electrons. The van der Waals surface area contributed by atoms with Crippen molar-refractivity contribution in [2.24, 2.45) is 5.92 Å². The number of benzene rings is 1. The minimum atomic E-state index is -0.169. The fourth-order valence-electron chi connectivity index (χ4n) is 2.82. The van der Waals surface area contributed by atoms with E-state index in [1.54, 1.807) is 0 Å². The molecule has 3 rings (SSSR count). The van der Waals surface area contributed by atoms with Gasteiger partial charge in [0.2, 0.25) is 0 Å². The van der Waals surface area contributed by atoms with E-state index in [-0.39, 0.29) is 12.2 Å². The third-order valence-electron chi connectivity index (χ3n) is 4.03. The topological polar surface area (TPSA) is 41.6 Å². The third-order valence-corrected chi connectivity index (χ3v) is 4.03. The van der Waals surface area contributed by atoms with Gasteiger partial charge in [-0.05, 0) is 25.5 Å². The lowest BCUT2D eigenvalue weighted by Crippen LogP contribution is -2.28. The molecule has 2 fully saturated rings. The van der Waals surface area contributed by atoms with Crippen molar-refractivity contribution in [1.29, 1.82) is 0 Å². The molecule has 2 aliphatic heterocycles. The predicted molar refractivity (Wildman–Crippen MR) is 72.8 cm³/mol. The van der Waals surface area contributed by atoms with Gasteiger partial charge in [-0.25, -0.2) is 4.79 Å². The minimum Gasteiger partial charge on any atom is -0.444 e. The Kier molecular flexibility index (Phi) is 3.42. The molecule has 0 aromatic heterocycles. The van der Waals surface area contributed by atoms with E-state index in [4.69, 9.17) is 4.74 Å². The van der Waals surface area contributed by atoms with E-state index in [9.17, 15) is 4.79 Å². The first-order valence-corrected chi connectivity index (χ1v) is 6.94. The normalized spacial score (nSPS) is 26.8. The first-order chi connectivity index (χ1) is 9.22. The standard InChI is InChI=1S/C15H20N2O2/c1-11-2-4-12(5-3-11)9-17-10-14(19-15(17)18)13-6-7-16-8-13/h2-5,13-14,16H,6-10H2,1H3. The van der Waals surface area contributed by atoms with E-state index < -0.39 is 0 Å². The molecule has 1 aromatic carbocycles. The second-order valence-electron chi connectivity index (χ2n) is 5.54. The summed E-state index contributed by atoms with van der Waals surface area (Å²) in [6.07, 6.45) is 1.00. The van der Waals surface area contributed by atoms with Gasteiger partial charge < -0.3 is 15.0 Å². The van der Waals surface area contributed by atoms with Gasteiger partial charge in [0.05, 0.1) is 6.54 Å². The van der Waals surface area contributed by atoms with E-state index >= 15 is 0 Å².